The third-order valence-electron chi connectivity index (χ3n) is 3.51. The predicted octanol–water partition coefficient (Wildman–Crippen LogP) is 1.70. The van der Waals surface area contributed by atoms with Crippen LogP contribution in [0.1, 0.15) is 25.5 Å². The molecule has 1 aliphatic carbocycles. The van der Waals surface area contributed by atoms with Gasteiger partial charge in [-0.3, -0.25) is 9.78 Å². The number of nitrogens with two attached hydrogens (primary N) is 1. The van der Waals surface area contributed by atoms with Crippen molar-refractivity contribution in [1.82, 2.24) is 4.98 Å². The molecule has 0 unspecified atom stereocenters. The van der Waals surface area contributed by atoms with Crippen LogP contribution < -0.4 is 11.1 Å². The number of aryl methyl sites for hydroxylation is 1. The fraction of sp³-hybridized carbons (Fsp3) is 0.538. The summed E-state index contributed by atoms with van der Waals surface area (Å²) in [6.45, 7) is 4.48. The minimum absolute atomic E-state index is 0.0451. The predicted molar refractivity (Wildman–Crippen MR) is 67.5 cm³/mol. The Balaban J connectivity index is 2.06. The largest absolute Gasteiger partial charge is 0.329 e. The highest BCUT2D eigenvalue weighted by Crippen LogP contribution is 2.45. The van der Waals surface area contributed by atoms with Crippen molar-refractivity contribution >= 4 is 11.6 Å². The number of anilines is 1. The molecular weight excluding hydrogens is 214 g/mol. The first kappa shape index (κ1) is 12.0. The molecule has 0 saturated heterocycles. The van der Waals surface area contributed by atoms with E-state index in [-0.39, 0.29) is 11.3 Å². The fourth-order valence-electron chi connectivity index (χ4n) is 2.61. The summed E-state index contributed by atoms with van der Waals surface area (Å²) in [5.41, 5.74) is 7.09. The average molecular weight is 233 g/mol. The zero-order chi connectivity index (χ0) is 12.5. The average Bonchev–Trinajstić information content (AvgIpc) is 2.24. The minimum Gasteiger partial charge on any atom is -0.329 e. The molecule has 4 nitrogen and oxygen atoms in total. The van der Waals surface area contributed by atoms with Gasteiger partial charge in [-0.25, -0.2) is 0 Å². The first-order chi connectivity index (χ1) is 8.05. The van der Waals surface area contributed by atoms with E-state index in [9.17, 15) is 4.79 Å². The molecule has 1 amide bonds. The van der Waals surface area contributed by atoms with Crippen molar-refractivity contribution in [2.24, 2.45) is 17.1 Å². The Morgan fingerprint density at radius 3 is 2.88 bits per heavy atom. The number of rotatable bonds is 3. The Hall–Kier alpha value is -1.42. The van der Waals surface area contributed by atoms with E-state index in [0.29, 0.717) is 12.5 Å². The van der Waals surface area contributed by atoms with Crippen molar-refractivity contribution in [3.05, 3.63) is 24.0 Å². The molecule has 4 heteroatoms. The van der Waals surface area contributed by atoms with E-state index in [0.717, 1.165) is 24.2 Å². The van der Waals surface area contributed by atoms with Gasteiger partial charge in [0, 0.05) is 24.1 Å². The molecule has 17 heavy (non-hydrogen) atoms. The number of pyridine rings is 1. The number of carbonyl (C=O) groups is 1. The van der Waals surface area contributed by atoms with Crippen molar-refractivity contribution in [3.63, 3.8) is 0 Å². The van der Waals surface area contributed by atoms with Gasteiger partial charge in [0.05, 0.1) is 5.41 Å². The molecule has 3 N–H and O–H groups in total. The van der Waals surface area contributed by atoms with Crippen molar-refractivity contribution in [2.75, 3.05) is 11.9 Å². The molecule has 0 spiro atoms. The van der Waals surface area contributed by atoms with Crippen molar-refractivity contribution in [3.8, 4) is 0 Å². The van der Waals surface area contributed by atoms with Crippen LogP contribution in [0.4, 0.5) is 5.69 Å². The number of nitrogens with zero attached hydrogens (tertiary/aromatic N) is 1. The minimum atomic E-state index is -0.351. The van der Waals surface area contributed by atoms with Crippen LogP contribution in [0.3, 0.4) is 0 Å². The smallest absolute Gasteiger partial charge is 0.231 e. The van der Waals surface area contributed by atoms with E-state index in [1.165, 1.54) is 0 Å². The summed E-state index contributed by atoms with van der Waals surface area (Å²) in [5, 5.41) is 2.94. The Kier molecular flexibility index (Phi) is 3.15. The van der Waals surface area contributed by atoms with Crippen molar-refractivity contribution in [1.29, 1.82) is 0 Å². The number of hydrogen-bond acceptors (Lipinski definition) is 3. The lowest BCUT2D eigenvalue weighted by atomic mass is 9.62. The summed E-state index contributed by atoms with van der Waals surface area (Å²) >= 11 is 0. The van der Waals surface area contributed by atoms with Gasteiger partial charge in [-0.1, -0.05) is 6.92 Å². The van der Waals surface area contributed by atoms with Gasteiger partial charge in [0.15, 0.2) is 0 Å². The van der Waals surface area contributed by atoms with Gasteiger partial charge in [0.2, 0.25) is 5.91 Å². The maximum atomic E-state index is 12.2. The van der Waals surface area contributed by atoms with Gasteiger partial charge < -0.3 is 11.1 Å². The third-order valence-corrected chi connectivity index (χ3v) is 3.51. The van der Waals surface area contributed by atoms with E-state index in [2.05, 4.69) is 17.2 Å². The van der Waals surface area contributed by atoms with E-state index < -0.39 is 0 Å². The second kappa shape index (κ2) is 4.45. The molecule has 2 rings (SSSR count). The molecule has 92 valence electrons. The van der Waals surface area contributed by atoms with E-state index in [1.807, 2.05) is 13.0 Å². The van der Waals surface area contributed by atoms with Crippen LogP contribution in [-0.4, -0.2) is 17.4 Å². The maximum Gasteiger partial charge on any atom is 0.231 e. The Bertz CT molecular complexity index is 424. The molecule has 1 aliphatic rings. The summed E-state index contributed by atoms with van der Waals surface area (Å²) in [4.78, 5) is 16.3. The lowest BCUT2D eigenvalue weighted by molar-refractivity contribution is -0.132. The molecule has 1 aromatic rings. The van der Waals surface area contributed by atoms with Gasteiger partial charge in [0.1, 0.15) is 0 Å². The van der Waals surface area contributed by atoms with Crippen LogP contribution in [0.25, 0.3) is 0 Å². The molecule has 1 saturated carbocycles. The number of nitrogens with one attached hydrogen (secondary N) is 1. The van der Waals surface area contributed by atoms with Crippen LogP contribution in [0.15, 0.2) is 18.3 Å². The maximum absolute atomic E-state index is 12.2. The van der Waals surface area contributed by atoms with Crippen LogP contribution in [0, 0.1) is 18.3 Å². The van der Waals surface area contributed by atoms with Crippen molar-refractivity contribution in [2.45, 2.75) is 26.7 Å². The van der Waals surface area contributed by atoms with E-state index >= 15 is 0 Å². The first-order valence-electron chi connectivity index (χ1n) is 6.00. The zero-order valence-electron chi connectivity index (χ0n) is 10.4. The molecule has 0 bridgehead atoms. The van der Waals surface area contributed by atoms with E-state index in [1.54, 1.807) is 12.3 Å². The molecule has 1 aromatic heterocycles. The first-order valence-corrected chi connectivity index (χ1v) is 6.00. The topological polar surface area (TPSA) is 68.0 Å². The Labute approximate surface area is 102 Å². The molecule has 0 atom stereocenters. The highest BCUT2D eigenvalue weighted by Gasteiger charge is 2.47. The summed E-state index contributed by atoms with van der Waals surface area (Å²) in [5.74, 6) is 0.646. The van der Waals surface area contributed by atoms with Crippen LogP contribution in [0.5, 0.6) is 0 Å². The number of aromatic nitrogens is 1. The second-order valence-electron chi connectivity index (χ2n) is 5.14. The van der Waals surface area contributed by atoms with Crippen molar-refractivity contribution < 1.29 is 4.79 Å². The lowest BCUT2D eigenvalue weighted by Gasteiger charge is -2.44. The highest BCUT2D eigenvalue weighted by molar-refractivity contribution is 5.96. The summed E-state index contributed by atoms with van der Waals surface area (Å²) in [7, 11) is 0. The third kappa shape index (κ3) is 2.31. The second-order valence-corrected chi connectivity index (χ2v) is 5.14. The standard InChI is InChI=1S/C13H19N3O/c1-9-6-13(7-9,8-14)12(17)16-11-3-4-15-10(2)5-11/h3-5,9H,6-8,14H2,1-2H3,(H,15,16,17). The molecule has 0 aliphatic heterocycles. The summed E-state index contributed by atoms with van der Waals surface area (Å²) in [6.07, 6.45) is 3.47. The molecule has 1 fully saturated rings. The Morgan fingerprint density at radius 2 is 2.35 bits per heavy atom. The number of carbonyl (C=O) groups excluding carboxylic acids is 1. The molecule has 1 heterocycles. The van der Waals surface area contributed by atoms with Gasteiger partial charge in [0.25, 0.3) is 0 Å². The summed E-state index contributed by atoms with van der Waals surface area (Å²) in [6, 6.07) is 3.67. The molecule has 0 aromatic carbocycles. The monoisotopic (exact) mass is 233 g/mol. The number of amides is 1. The zero-order valence-corrected chi connectivity index (χ0v) is 10.4. The number of hydrogen-bond donors (Lipinski definition) is 2. The quantitative estimate of drug-likeness (QED) is 0.835. The highest BCUT2D eigenvalue weighted by atomic mass is 16.2. The van der Waals surface area contributed by atoms with Crippen LogP contribution in [0.2, 0.25) is 0 Å². The normalized spacial score (nSPS) is 27.4. The van der Waals surface area contributed by atoms with Crippen LogP contribution >= 0.6 is 0 Å². The van der Waals surface area contributed by atoms with Gasteiger partial charge in [-0.2, -0.15) is 0 Å². The van der Waals surface area contributed by atoms with Gasteiger partial charge in [-0.15, -0.1) is 0 Å². The van der Waals surface area contributed by atoms with E-state index in [4.69, 9.17) is 5.73 Å². The van der Waals surface area contributed by atoms with Crippen LogP contribution in [-0.2, 0) is 4.79 Å². The molecular formula is C13H19N3O. The lowest BCUT2D eigenvalue weighted by Crippen LogP contribution is -2.51. The Morgan fingerprint density at radius 1 is 1.65 bits per heavy atom. The molecule has 0 radical (unpaired) electrons. The van der Waals surface area contributed by atoms with Gasteiger partial charge >= 0.3 is 0 Å². The summed E-state index contributed by atoms with van der Waals surface area (Å²) < 4.78 is 0. The fourth-order valence-corrected chi connectivity index (χ4v) is 2.61. The SMILES string of the molecule is Cc1cc(NC(=O)C2(CN)CC(C)C2)ccn1. The van der Waals surface area contributed by atoms with Gasteiger partial charge in [-0.05, 0) is 37.8 Å².